The second-order valence-electron chi connectivity index (χ2n) is 6.71. The van der Waals surface area contributed by atoms with Crippen LogP contribution in [0.1, 0.15) is 23.2 Å². The third-order valence-corrected chi connectivity index (χ3v) is 6.02. The normalized spacial score (nSPS) is 22.1. The molecule has 27 heavy (non-hydrogen) atoms. The van der Waals surface area contributed by atoms with Gasteiger partial charge in [0.05, 0.1) is 18.7 Å². The summed E-state index contributed by atoms with van der Waals surface area (Å²) in [6, 6.07) is 5.32. The lowest BCUT2D eigenvalue weighted by Gasteiger charge is -2.31. The van der Waals surface area contributed by atoms with Gasteiger partial charge in [-0.3, -0.25) is 9.79 Å². The molecule has 0 saturated carbocycles. The maximum atomic E-state index is 13.0. The van der Waals surface area contributed by atoms with E-state index in [1.54, 1.807) is 0 Å². The number of nitrogens with two attached hydrogens (primary N) is 1. The van der Waals surface area contributed by atoms with E-state index in [0.717, 1.165) is 0 Å². The van der Waals surface area contributed by atoms with E-state index in [2.05, 4.69) is 15.3 Å². The Bertz CT molecular complexity index is 874. The number of nitrogens with zero attached hydrogens (tertiary/aromatic N) is 3. The van der Waals surface area contributed by atoms with Crippen molar-refractivity contribution >= 4 is 27.6 Å². The van der Waals surface area contributed by atoms with Gasteiger partial charge in [-0.15, -0.1) is 0 Å². The number of hydrogen-bond acceptors (Lipinski definition) is 7. The molecule has 1 atom stereocenters. The number of ketones is 1. The second kappa shape index (κ2) is 7.73. The summed E-state index contributed by atoms with van der Waals surface area (Å²) in [6.45, 7) is 1.04. The van der Waals surface area contributed by atoms with Gasteiger partial charge in [0.2, 0.25) is 16.0 Å². The Hall–Kier alpha value is -2.33. The van der Waals surface area contributed by atoms with E-state index in [1.807, 2.05) is 0 Å². The molecule has 0 amide bonds. The van der Waals surface area contributed by atoms with Crippen molar-refractivity contribution in [1.82, 2.24) is 9.62 Å². The molecule has 2 aliphatic heterocycles. The van der Waals surface area contributed by atoms with Crippen LogP contribution >= 0.6 is 0 Å². The van der Waals surface area contributed by atoms with Gasteiger partial charge < -0.3 is 11.1 Å². The highest BCUT2D eigenvalue weighted by atomic mass is 32.2. The average molecular weight is 395 g/mol. The summed E-state index contributed by atoms with van der Waals surface area (Å²) >= 11 is 0. The van der Waals surface area contributed by atoms with Crippen molar-refractivity contribution in [2.24, 2.45) is 21.6 Å². The predicted octanol–water partition coefficient (Wildman–Crippen LogP) is 0.365. The zero-order valence-electron chi connectivity index (χ0n) is 14.9. The van der Waals surface area contributed by atoms with Crippen molar-refractivity contribution < 1.29 is 17.6 Å². The Kier molecular flexibility index (Phi) is 5.56. The van der Waals surface area contributed by atoms with E-state index in [-0.39, 0.29) is 24.2 Å². The molecule has 0 bridgehead atoms. The quantitative estimate of drug-likeness (QED) is 0.714. The number of halogens is 1. The van der Waals surface area contributed by atoms with Crippen LogP contribution in [0.5, 0.6) is 0 Å². The lowest BCUT2D eigenvalue weighted by molar-refractivity contribution is 0.0956. The monoisotopic (exact) mass is 395 g/mol. The van der Waals surface area contributed by atoms with Crippen LogP contribution in [0.3, 0.4) is 0 Å². The summed E-state index contributed by atoms with van der Waals surface area (Å²) in [5, 5.41) is 3.17. The van der Waals surface area contributed by atoms with Gasteiger partial charge in [0, 0.05) is 24.7 Å². The summed E-state index contributed by atoms with van der Waals surface area (Å²) in [6.07, 6.45) is 2.48. The summed E-state index contributed by atoms with van der Waals surface area (Å²) in [5.41, 5.74) is 6.33. The van der Waals surface area contributed by atoms with Gasteiger partial charge in [-0.1, -0.05) is 0 Å². The van der Waals surface area contributed by atoms with Crippen molar-refractivity contribution in [3.05, 3.63) is 35.6 Å². The first-order valence-corrected chi connectivity index (χ1v) is 10.5. The second-order valence-corrected chi connectivity index (χ2v) is 8.69. The first kappa shape index (κ1) is 19.4. The fourth-order valence-corrected chi connectivity index (χ4v) is 4.01. The van der Waals surface area contributed by atoms with Gasteiger partial charge in [-0.05, 0) is 37.1 Å². The molecule has 2 aliphatic rings. The van der Waals surface area contributed by atoms with Crippen LogP contribution in [0, 0.1) is 11.7 Å². The SMILES string of the molecule is CS(=O)(=O)N1CCC(NC2=NCC(C(=O)c3ccc(F)cc3)C(N)=N2)CC1. The third kappa shape index (κ3) is 4.69. The molecule has 0 spiro atoms. The number of carbonyl (C=O) groups excluding carboxylic acids is 1. The molecule has 10 heteroatoms. The van der Waals surface area contributed by atoms with E-state index < -0.39 is 21.8 Å². The Balaban J connectivity index is 1.58. The molecule has 3 N–H and O–H groups in total. The highest BCUT2D eigenvalue weighted by molar-refractivity contribution is 7.88. The van der Waals surface area contributed by atoms with E-state index in [1.165, 1.54) is 34.8 Å². The van der Waals surface area contributed by atoms with Crippen LogP contribution in [0.2, 0.25) is 0 Å². The highest BCUT2D eigenvalue weighted by Crippen LogP contribution is 2.16. The molecule has 1 fully saturated rings. The molecule has 1 unspecified atom stereocenters. The Morgan fingerprint density at radius 1 is 1.26 bits per heavy atom. The smallest absolute Gasteiger partial charge is 0.219 e. The van der Waals surface area contributed by atoms with Crippen molar-refractivity contribution in [1.29, 1.82) is 0 Å². The summed E-state index contributed by atoms with van der Waals surface area (Å²) < 4.78 is 37.6. The van der Waals surface area contributed by atoms with Crippen LogP contribution in [-0.2, 0) is 10.0 Å². The number of carbonyl (C=O) groups is 1. The number of Topliss-reactive ketones (excluding diaryl/α,β-unsaturated/α-hetero) is 1. The first-order chi connectivity index (χ1) is 12.7. The molecule has 0 aliphatic carbocycles. The largest absolute Gasteiger partial charge is 0.386 e. The summed E-state index contributed by atoms with van der Waals surface area (Å²) in [7, 11) is -3.17. The van der Waals surface area contributed by atoms with Crippen LogP contribution in [0.25, 0.3) is 0 Å². The minimum absolute atomic E-state index is 0.0441. The van der Waals surface area contributed by atoms with Crippen LogP contribution in [-0.4, -0.2) is 62.2 Å². The fourth-order valence-electron chi connectivity index (χ4n) is 3.13. The molecule has 146 valence electrons. The summed E-state index contributed by atoms with van der Waals surface area (Å²) in [5.74, 6) is -0.819. The summed E-state index contributed by atoms with van der Waals surface area (Å²) in [4.78, 5) is 21.0. The topological polar surface area (TPSA) is 117 Å². The first-order valence-electron chi connectivity index (χ1n) is 8.64. The molecule has 0 aromatic heterocycles. The third-order valence-electron chi connectivity index (χ3n) is 4.72. The number of nitrogens with one attached hydrogen (secondary N) is 1. The standard InChI is InChI=1S/C17H22FN5O3S/c1-27(25,26)23-8-6-13(7-9-23)21-17-20-10-14(16(19)22-17)15(24)11-2-4-12(18)5-3-11/h2-5,13-14H,6-10H2,1H3,(H3,19,20,21,22). The van der Waals surface area contributed by atoms with Gasteiger partial charge in [0.15, 0.2) is 5.78 Å². The number of aliphatic imine (C=N–C) groups is 2. The Morgan fingerprint density at radius 2 is 1.89 bits per heavy atom. The van der Waals surface area contributed by atoms with Gasteiger partial charge in [-0.25, -0.2) is 22.1 Å². The molecule has 0 radical (unpaired) electrons. The van der Waals surface area contributed by atoms with E-state index in [4.69, 9.17) is 5.73 Å². The maximum absolute atomic E-state index is 13.0. The minimum atomic E-state index is -3.17. The molecular weight excluding hydrogens is 373 g/mol. The lowest BCUT2D eigenvalue weighted by atomic mass is 9.96. The van der Waals surface area contributed by atoms with Crippen molar-refractivity contribution in [2.75, 3.05) is 25.9 Å². The van der Waals surface area contributed by atoms with Gasteiger partial charge in [-0.2, -0.15) is 0 Å². The number of hydrogen-bond donors (Lipinski definition) is 2. The lowest BCUT2D eigenvalue weighted by Crippen LogP contribution is -2.47. The number of amidine groups is 1. The van der Waals surface area contributed by atoms with Crippen molar-refractivity contribution in [3.63, 3.8) is 0 Å². The van der Waals surface area contributed by atoms with Gasteiger partial charge in [0.1, 0.15) is 11.7 Å². The molecule has 1 saturated heterocycles. The number of guanidine groups is 1. The van der Waals surface area contributed by atoms with Gasteiger partial charge >= 0.3 is 0 Å². The highest BCUT2D eigenvalue weighted by Gasteiger charge is 2.29. The molecule has 1 aromatic rings. The molecule has 8 nitrogen and oxygen atoms in total. The van der Waals surface area contributed by atoms with Gasteiger partial charge in [0.25, 0.3) is 0 Å². The Morgan fingerprint density at radius 3 is 2.44 bits per heavy atom. The van der Waals surface area contributed by atoms with Crippen molar-refractivity contribution in [2.45, 2.75) is 18.9 Å². The molecule has 2 heterocycles. The number of piperidine rings is 1. The molecule has 3 rings (SSSR count). The zero-order chi connectivity index (χ0) is 19.6. The van der Waals surface area contributed by atoms with Crippen molar-refractivity contribution in [3.8, 4) is 0 Å². The van der Waals surface area contributed by atoms with E-state index in [0.29, 0.717) is 37.5 Å². The average Bonchev–Trinajstić information content (AvgIpc) is 2.62. The predicted molar refractivity (Wildman–Crippen MR) is 101 cm³/mol. The molecule has 1 aromatic carbocycles. The minimum Gasteiger partial charge on any atom is -0.386 e. The van der Waals surface area contributed by atoms with E-state index in [9.17, 15) is 17.6 Å². The number of benzene rings is 1. The van der Waals surface area contributed by atoms with Crippen LogP contribution in [0.15, 0.2) is 34.3 Å². The van der Waals surface area contributed by atoms with Crippen LogP contribution in [0.4, 0.5) is 4.39 Å². The maximum Gasteiger partial charge on any atom is 0.219 e. The van der Waals surface area contributed by atoms with E-state index >= 15 is 0 Å². The van der Waals surface area contributed by atoms with Crippen LogP contribution < -0.4 is 11.1 Å². The molecular formula is C17H22FN5O3S. The Labute approximate surface area is 157 Å². The fraction of sp³-hybridized carbons (Fsp3) is 0.471. The number of sulfonamides is 1. The number of rotatable bonds is 4. The zero-order valence-corrected chi connectivity index (χ0v) is 15.7.